The molecule has 0 aliphatic heterocycles. The molecule has 2 aromatic rings. The molecule has 1 aromatic heterocycles. The van der Waals surface area contributed by atoms with Gasteiger partial charge in [-0.1, -0.05) is 24.3 Å². The van der Waals surface area contributed by atoms with Crippen molar-refractivity contribution in [2.75, 3.05) is 13.2 Å². The zero-order valence-electron chi connectivity index (χ0n) is 17.2. The van der Waals surface area contributed by atoms with E-state index in [0.717, 1.165) is 35.2 Å². The number of nitrogens with zero attached hydrogens (tertiary/aromatic N) is 1. The summed E-state index contributed by atoms with van der Waals surface area (Å²) in [4.78, 5) is 28.7. The van der Waals surface area contributed by atoms with Crippen LogP contribution >= 0.6 is 0 Å². The highest BCUT2D eigenvalue weighted by Gasteiger charge is 2.50. The van der Waals surface area contributed by atoms with Crippen LogP contribution in [0.1, 0.15) is 44.2 Å². The lowest BCUT2D eigenvalue weighted by Crippen LogP contribution is -2.51. The number of esters is 1. The molecular weight excluding hydrogens is 376 g/mol. The third-order valence-electron chi connectivity index (χ3n) is 7.18. The average molecular weight is 405 g/mol. The van der Waals surface area contributed by atoms with Gasteiger partial charge in [-0.05, 0) is 79.9 Å². The predicted molar refractivity (Wildman–Crippen MR) is 115 cm³/mol. The Morgan fingerprint density at radius 1 is 1.03 bits per heavy atom. The molecule has 0 unspecified atom stereocenters. The Labute approximate surface area is 176 Å². The first-order chi connectivity index (χ1) is 14.6. The summed E-state index contributed by atoms with van der Waals surface area (Å²) in [7, 11) is 0. The second-order valence-electron chi connectivity index (χ2n) is 9.56. The number of fused-ring (bicyclic) bond motifs is 1. The van der Waals surface area contributed by atoms with Gasteiger partial charge in [-0.2, -0.15) is 0 Å². The van der Waals surface area contributed by atoms with Gasteiger partial charge in [0.15, 0.2) is 6.61 Å². The molecule has 4 saturated carbocycles. The maximum absolute atomic E-state index is 12.2. The Bertz CT molecular complexity index is 962. The number of ether oxygens (including phenoxy) is 1. The van der Waals surface area contributed by atoms with Crippen molar-refractivity contribution >= 4 is 28.9 Å². The van der Waals surface area contributed by atoms with Crippen molar-refractivity contribution in [2.24, 2.45) is 23.2 Å². The van der Waals surface area contributed by atoms with E-state index in [0.29, 0.717) is 5.69 Å². The number of amides is 1. The lowest BCUT2D eigenvalue weighted by molar-refractivity contribution is -0.144. The Balaban J connectivity index is 1.09. The Hall–Kier alpha value is -2.69. The van der Waals surface area contributed by atoms with Crippen LogP contribution in [0.3, 0.4) is 0 Å². The Morgan fingerprint density at radius 3 is 2.47 bits per heavy atom. The number of pyridine rings is 1. The zero-order chi connectivity index (χ0) is 20.6. The molecule has 0 atom stereocenters. The van der Waals surface area contributed by atoms with E-state index in [1.807, 2.05) is 36.4 Å². The summed E-state index contributed by atoms with van der Waals surface area (Å²) in [5.41, 5.74) is 1.84. The molecule has 30 heavy (non-hydrogen) atoms. The third kappa shape index (κ3) is 4.11. The average Bonchev–Trinajstić information content (AvgIpc) is 2.74. The summed E-state index contributed by atoms with van der Waals surface area (Å²) >= 11 is 0. The van der Waals surface area contributed by atoms with Gasteiger partial charge >= 0.3 is 5.97 Å². The molecule has 4 aliphatic carbocycles. The molecule has 1 amide bonds. The summed E-state index contributed by atoms with van der Waals surface area (Å²) in [6, 6.07) is 11.6. The minimum absolute atomic E-state index is 0.212. The third-order valence-corrected chi connectivity index (χ3v) is 7.18. The van der Waals surface area contributed by atoms with Crippen molar-refractivity contribution in [1.29, 1.82) is 0 Å². The van der Waals surface area contributed by atoms with Crippen LogP contribution < -0.4 is 5.32 Å². The van der Waals surface area contributed by atoms with Gasteiger partial charge in [0.1, 0.15) is 0 Å². The number of benzene rings is 1. The number of carbonyl (C=O) groups excluding carboxylic acids is 2. The molecule has 0 saturated heterocycles. The predicted octanol–water partition coefficient (Wildman–Crippen LogP) is 4.12. The second kappa shape index (κ2) is 7.86. The van der Waals surface area contributed by atoms with E-state index in [-0.39, 0.29) is 17.9 Å². The lowest BCUT2D eigenvalue weighted by atomic mass is 9.49. The minimum atomic E-state index is -0.532. The van der Waals surface area contributed by atoms with E-state index in [1.54, 1.807) is 6.08 Å². The highest BCUT2D eigenvalue weighted by molar-refractivity contribution is 5.89. The quantitative estimate of drug-likeness (QED) is 0.581. The molecule has 1 heterocycles. The van der Waals surface area contributed by atoms with E-state index in [1.165, 1.54) is 44.6 Å². The Kier molecular flexibility index (Phi) is 5.05. The van der Waals surface area contributed by atoms with Crippen molar-refractivity contribution in [1.82, 2.24) is 10.3 Å². The standard InChI is InChI=1S/C25H28N2O3/c28-23(26-16-25-12-17-9-18(13-25)11-19(10-17)14-25)15-30-24(29)8-7-21-6-5-20-3-1-2-4-22(20)27-21/h1-8,17-19H,9-16H2,(H,26,28)/b8-7+. The summed E-state index contributed by atoms with van der Waals surface area (Å²) < 4.78 is 5.12. The highest BCUT2D eigenvalue weighted by atomic mass is 16.5. The molecule has 1 N–H and O–H groups in total. The van der Waals surface area contributed by atoms with Crippen molar-refractivity contribution in [3.8, 4) is 0 Å². The van der Waals surface area contributed by atoms with Crippen LogP contribution in [-0.2, 0) is 14.3 Å². The fourth-order valence-electron chi connectivity index (χ4n) is 6.36. The van der Waals surface area contributed by atoms with E-state index in [4.69, 9.17) is 4.74 Å². The van der Waals surface area contributed by atoms with Gasteiger partial charge in [0, 0.05) is 18.0 Å². The van der Waals surface area contributed by atoms with Crippen molar-refractivity contribution in [2.45, 2.75) is 38.5 Å². The first-order valence-electron chi connectivity index (χ1n) is 11.0. The molecule has 4 bridgehead atoms. The van der Waals surface area contributed by atoms with E-state index >= 15 is 0 Å². The largest absolute Gasteiger partial charge is 0.452 e. The highest BCUT2D eigenvalue weighted by Crippen LogP contribution is 2.59. The first-order valence-corrected chi connectivity index (χ1v) is 11.0. The van der Waals surface area contributed by atoms with Crippen LogP contribution in [0.25, 0.3) is 17.0 Å². The monoisotopic (exact) mass is 404 g/mol. The van der Waals surface area contributed by atoms with Crippen LogP contribution in [0.15, 0.2) is 42.5 Å². The molecule has 1 aromatic carbocycles. The van der Waals surface area contributed by atoms with Crippen molar-refractivity contribution in [3.63, 3.8) is 0 Å². The molecule has 0 spiro atoms. The topological polar surface area (TPSA) is 68.3 Å². The molecule has 156 valence electrons. The molecule has 4 fully saturated rings. The number of rotatable bonds is 6. The van der Waals surface area contributed by atoms with Gasteiger partial charge in [-0.3, -0.25) is 4.79 Å². The van der Waals surface area contributed by atoms with Crippen LogP contribution in [0.2, 0.25) is 0 Å². The van der Waals surface area contributed by atoms with E-state index in [2.05, 4.69) is 10.3 Å². The van der Waals surface area contributed by atoms with Crippen LogP contribution in [-0.4, -0.2) is 30.0 Å². The summed E-state index contributed by atoms with van der Waals surface area (Å²) in [5.74, 6) is 1.84. The second-order valence-corrected chi connectivity index (χ2v) is 9.56. The molecular formula is C25H28N2O3. The Morgan fingerprint density at radius 2 is 1.73 bits per heavy atom. The maximum atomic E-state index is 12.2. The molecule has 5 heteroatoms. The van der Waals surface area contributed by atoms with Gasteiger partial charge in [0.2, 0.25) is 0 Å². The number of nitrogens with one attached hydrogen (secondary N) is 1. The molecule has 6 rings (SSSR count). The normalized spacial score (nSPS) is 29.4. The number of hydrogen-bond acceptors (Lipinski definition) is 4. The molecule has 0 radical (unpaired) electrons. The first kappa shape index (κ1) is 19.3. The summed E-state index contributed by atoms with van der Waals surface area (Å²) in [5, 5.41) is 4.09. The van der Waals surface area contributed by atoms with Gasteiger partial charge < -0.3 is 10.1 Å². The van der Waals surface area contributed by atoms with Gasteiger partial charge in [0.25, 0.3) is 5.91 Å². The molecule has 5 nitrogen and oxygen atoms in total. The smallest absolute Gasteiger partial charge is 0.331 e. The number of carbonyl (C=O) groups is 2. The van der Waals surface area contributed by atoms with Gasteiger partial charge in [-0.15, -0.1) is 0 Å². The molecule has 4 aliphatic rings. The van der Waals surface area contributed by atoms with E-state index < -0.39 is 5.97 Å². The summed E-state index contributed by atoms with van der Waals surface area (Å²) in [6.45, 7) is 0.490. The van der Waals surface area contributed by atoms with Gasteiger partial charge in [0.05, 0.1) is 11.2 Å². The van der Waals surface area contributed by atoms with Crippen molar-refractivity contribution < 1.29 is 14.3 Å². The van der Waals surface area contributed by atoms with Crippen LogP contribution in [0, 0.1) is 23.2 Å². The maximum Gasteiger partial charge on any atom is 0.331 e. The minimum Gasteiger partial charge on any atom is -0.452 e. The van der Waals surface area contributed by atoms with Crippen LogP contribution in [0.4, 0.5) is 0 Å². The number of para-hydroxylation sites is 1. The summed E-state index contributed by atoms with van der Waals surface area (Å²) in [6.07, 6.45) is 10.9. The van der Waals surface area contributed by atoms with Gasteiger partial charge in [-0.25, -0.2) is 9.78 Å². The fraction of sp³-hybridized carbons (Fsp3) is 0.480. The lowest BCUT2D eigenvalue weighted by Gasteiger charge is -2.56. The van der Waals surface area contributed by atoms with Crippen LogP contribution in [0.5, 0.6) is 0 Å². The zero-order valence-corrected chi connectivity index (χ0v) is 17.2. The van der Waals surface area contributed by atoms with E-state index in [9.17, 15) is 9.59 Å². The number of aromatic nitrogens is 1. The van der Waals surface area contributed by atoms with Crippen molar-refractivity contribution in [3.05, 3.63) is 48.2 Å². The fourth-order valence-corrected chi connectivity index (χ4v) is 6.36. The SMILES string of the molecule is O=C(COC(=O)/C=C/c1ccc2ccccc2n1)NCC12CC3CC(CC(C3)C1)C2. The number of hydrogen-bond donors (Lipinski definition) is 1.